The Morgan fingerprint density at radius 1 is 1.24 bits per heavy atom. The Bertz CT molecular complexity index is 489. The van der Waals surface area contributed by atoms with Gasteiger partial charge < -0.3 is 14.8 Å². The highest BCUT2D eigenvalue weighted by atomic mass is 19.3. The van der Waals surface area contributed by atoms with Crippen molar-refractivity contribution < 1.29 is 27.5 Å². The fourth-order valence-corrected chi connectivity index (χ4v) is 1.45. The zero-order chi connectivity index (χ0) is 16.2. The van der Waals surface area contributed by atoms with Gasteiger partial charge in [0.1, 0.15) is 5.75 Å². The largest absolute Gasteiger partial charge is 0.461 e. The molecule has 0 aromatic heterocycles. The maximum atomic E-state index is 12.7. The number of hydrogen-bond donors (Lipinski definition) is 1. The van der Waals surface area contributed by atoms with E-state index in [1.807, 2.05) is 13.8 Å². The first kappa shape index (κ1) is 17.1. The predicted octanol–water partition coefficient (Wildman–Crippen LogP) is 3.40. The Kier molecular flexibility index (Phi) is 5.40. The Morgan fingerprint density at radius 2 is 1.76 bits per heavy atom. The van der Waals surface area contributed by atoms with E-state index < -0.39 is 18.3 Å². The summed E-state index contributed by atoms with van der Waals surface area (Å²) >= 11 is 0. The topological polar surface area (TPSA) is 45.1 Å². The average Bonchev–Trinajstić information content (AvgIpc) is 2.40. The third-order valence-corrected chi connectivity index (χ3v) is 2.82. The highest BCUT2D eigenvalue weighted by Crippen LogP contribution is 2.27. The molecule has 0 aliphatic rings. The van der Waals surface area contributed by atoms with Crippen molar-refractivity contribution in [1.29, 1.82) is 0 Å². The number of benzene rings is 1. The lowest BCUT2D eigenvalue weighted by Crippen LogP contribution is -2.34. The molecule has 4 nitrogen and oxygen atoms in total. The van der Waals surface area contributed by atoms with Crippen molar-refractivity contribution in [1.82, 2.24) is 4.90 Å². The van der Waals surface area contributed by atoms with Crippen molar-refractivity contribution in [2.24, 2.45) is 5.16 Å². The van der Waals surface area contributed by atoms with E-state index in [1.54, 1.807) is 11.9 Å². The predicted molar refractivity (Wildman–Crippen MR) is 69.2 cm³/mol. The lowest BCUT2D eigenvalue weighted by atomic mass is 10.1. The smallest absolute Gasteiger partial charge is 0.428 e. The first-order valence-electron chi connectivity index (χ1n) is 6.09. The van der Waals surface area contributed by atoms with Crippen molar-refractivity contribution in [2.75, 3.05) is 7.05 Å². The van der Waals surface area contributed by atoms with Gasteiger partial charge in [0, 0.05) is 18.7 Å². The van der Waals surface area contributed by atoms with Crippen LogP contribution in [-0.2, 0) is 0 Å². The Hall–Kier alpha value is -1.99. The van der Waals surface area contributed by atoms with Gasteiger partial charge in [-0.05, 0) is 38.1 Å². The number of ether oxygens (including phenoxy) is 1. The minimum Gasteiger partial charge on any atom is -0.428 e. The van der Waals surface area contributed by atoms with Gasteiger partial charge >= 0.3 is 12.5 Å². The molecule has 1 N–H and O–H groups in total. The highest BCUT2D eigenvalue weighted by molar-refractivity contribution is 5.98. The second-order valence-electron chi connectivity index (χ2n) is 4.62. The number of hydrogen-bond acceptors (Lipinski definition) is 3. The molecule has 0 spiro atoms. The molecule has 0 fully saturated rings. The van der Waals surface area contributed by atoms with Gasteiger partial charge in [-0.25, -0.2) is 0 Å². The lowest BCUT2D eigenvalue weighted by Gasteiger charge is -2.24. The van der Waals surface area contributed by atoms with Gasteiger partial charge in [0.05, 0.1) is 0 Å². The van der Waals surface area contributed by atoms with Gasteiger partial charge in [-0.3, -0.25) is 0 Å². The molecule has 0 atom stereocenters. The molecule has 8 heteroatoms. The van der Waals surface area contributed by atoms with Crippen molar-refractivity contribution >= 4 is 5.84 Å². The second kappa shape index (κ2) is 6.64. The molecule has 1 aromatic rings. The number of rotatable bonds is 5. The summed E-state index contributed by atoms with van der Waals surface area (Å²) < 4.78 is 53.5. The third-order valence-electron chi connectivity index (χ3n) is 2.82. The number of oxime groups is 1. The fourth-order valence-electron chi connectivity index (χ4n) is 1.45. The van der Waals surface area contributed by atoms with Crippen LogP contribution in [0.15, 0.2) is 29.4 Å². The number of alkyl halides is 4. The molecule has 21 heavy (non-hydrogen) atoms. The van der Waals surface area contributed by atoms with Crippen LogP contribution in [0.3, 0.4) is 0 Å². The molecule has 0 aliphatic carbocycles. The van der Waals surface area contributed by atoms with E-state index >= 15 is 0 Å². The molecule has 1 rings (SSSR count). The van der Waals surface area contributed by atoms with E-state index in [9.17, 15) is 17.6 Å². The van der Waals surface area contributed by atoms with Crippen LogP contribution in [0.2, 0.25) is 0 Å². The van der Waals surface area contributed by atoms with Crippen molar-refractivity contribution in [2.45, 2.75) is 32.4 Å². The van der Waals surface area contributed by atoms with Gasteiger partial charge in [0.15, 0.2) is 5.84 Å². The zero-order valence-electron chi connectivity index (χ0n) is 11.7. The normalized spacial score (nSPS) is 12.9. The average molecular weight is 308 g/mol. The minimum absolute atomic E-state index is 0.0370. The summed E-state index contributed by atoms with van der Waals surface area (Å²) in [5.74, 6) is -0.189. The van der Waals surface area contributed by atoms with E-state index in [-0.39, 0.29) is 11.9 Å². The van der Waals surface area contributed by atoms with Crippen LogP contribution in [0.5, 0.6) is 5.75 Å². The Balaban J connectivity index is 2.92. The molecule has 0 radical (unpaired) electrons. The zero-order valence-corrected chi connectivity index (χ0v) is 11.7. The van der Waals surface area contributed by atoms with Crippen LogP contribution in [0, 0.1) is 0 Å². The fraction of sp³-hybridized carbons (Fsp3) is 0.462. The van der Waals surface area contributed by atoms with Crippen LogP contribution in [0.1, 0.15) is 19.4 Å². The van der Waals surface area contributed by atoms with Gasteiger partial charge in [-0.15, -0.1) is 0 Å². The van der Waals surface area contributed by atoms with Crippen LogP contribution in [0.25, 0.3) is 0 Å². The molecular weight excluding hydrogens is 292 g/mol. The molecular formula is C13H16F4N2O2. The highest BCUT2D eigenvalue weighted by Gasteiger charge is 2.43. The summed E-state index contributed by atoms with van der Waals surface area (Å²) in [5.41, 5.74) is 0.432. The van der Waals surface area contributed by atoms with Crippen molar-refractivity contribution in [3.05, 3.63) is 29.8 Å². The molecule has 118 valence electrons. The van der Waals surface area contributed by atoms with Crippen LogP contribution in [-0.4, -0.2) is 41.6 Å². The van der Waals surface area contributed by atoms with Crippen LogP contribution >= 0.6 is 0 Å². The summed E-state index contributed by atoms with van der Waals surface area (Å²) in [7, 11) is 1.69. The standard InChI is InChI=1S/C13H16F4N2O2/c1-8(2)19(3)11(18-20)9-4-6-10(7-5-9)21-13(16,17)12(14)15/h4-8,12,20H,1-3H3/b18-11+. The summed E-state index contributed by atoms with van der Waals surface area (Å²) in [6.45, 7) is 3.73. The number of nitrogens with zero attached hydrogens (tertiary/aromatic N) is 2. The van der Waals surface area contributed by atoms with Crippen molar-refractivity contribution in [3.8, 4) is 5.75 Å². The van der Waals surface area contributed by atoms with E-state index in [0.717, 1.165) is 12.1 Å². The first-order valence-corrected chi connectivity index (χ1v) is 6.09. The van der Waals surface area contributed by atoms with Gasteiger partial charge in [-0.2, -0.15) is 17.6 Å². The molecule has 0 aliphatic heterocycles. The van der Waals surface area contributed by atoms with Crippen molar-refractivity contribution in [3.63, 3.8) is 0 Å². The van der Waals surface area contributed by atoms with Gasteiger partial charge in [0.25, 0.3) is 0 Å². The third kappa shape index (κ3) is 4.24. The van der Waals surface area contributed by atoms with Gasteiger partial charge in [0.2, 0.25) is 0 Å². The van der Waals surface area contributed by atoms with E-state index in [0.29, 0.717) is 5.56 Å². The molecule has 0 saturated heterocycles. The Labute approximate surface area is 119 Å². The molecule has 0 heterocycles. The molecule has 0 unspecified atom stereocenters. The SMILES string of the molecule is CC(C)N(C)/C(=N/O)c1ccc(OC(F)(F)C(F)F)cc1. The molecule has 1 aromatic carbocycles. The van der Waals surface area contributed by atoms with E-state index in [1.165, 1.54) is 12.1 Å². The summed E-state index contributed by atoms with van der Waals surface area (Å²) in [6.07, 6.45) is -8.47. The van der Waals surface area contributed by atoms with Crippen LogP contribution < -0.4 is 4.74 Å². The Morgan fingerprint density at radius 3 is 2.14 bits per heavy atom. The van der Waals surface area contributed by atoms with Crippen LogP contribution in [0.4, 0.5) is 17.6 Å². The molecule has 0 saturated carbocycles. The quantitative estimate of drug-likeness (QED) is 0.298. The van der Waals surface area contributed by atoms with Gasteiger partial charge in [-0.1, -0.05) is 5.16 Å². The maximum absolute atomic E-state index is 12.7. The van der Waals surface area contributed by atoms with E-state index in [2.05, 4.69) is 9.89 Å². The summed E-state index contributed by atoms with van der Waals surface area (Å²) in [4.78, 5) is 1.66. The number of amidine groups is 1. The van der Waals surface area contributed by atoms with E-state index in [4.69, 9.17) is 5.21 Å². The maximum Gasteiger partial charge on any atom is 0.461 e. The summed E-state index contributed by atoms with van der Waals surface area (Å²) in [6, 6.07) is 4.92. The first-order chi connectivity index (χ1) is 9.69. The molecule has 0 amide bonds. The monoisotopic (exact) mass is 308 g/mol. The number of halogens is 4. The summed E-state index contributed by atoms with van der Waals surface area (Å²) in [5, 5.41) is 12.2. The molecule has 0 bridgehead atoms. The minimum atomic E-state index is -4.55. The lowest BCUT2D eigenvalue weighted by molar-refractivity contribution is -0.253. The second-order valence-corrected chi connectivity index (χ2v) is 4.62.